The van der Waals surface area contributed by atoms with E-state index >= 15 is 0 Å². The molecule has 1 aliphatic heterocycles. The average molecular weight is 272 g/mol. The molecule has 1 aromatic rings. The van der Waals surface area contributed by atoms with Crippen LogP contribution in [0.15, 0.2) is 18.2 Å². The zero-order valence-electron chi connectivity index (χ0n) is 11.8. The third-order valence-corrected chi connectivity index (χ3v) is 4.36. The van der Waals surface area contributed by atoms with Crippen LogP contribution in [0.4, 0.5) is 5.69 Å². The molecule has 0 unspecified atom stereocenters. The lowest BCUT2D eigenvalue weighted by molar-refractivity contribution is -0.115. The van der Waals surface area contributed by atoms with E-state index in [1.807, 2.05) is 6.07 Å². The van der Waals surface area contributed by atoms with E-state index in [2.05, 4.69) is 17.6 Å². The Balaban J connectivity index is 1.63. The molecule has 1 heterocycles. The molecule has 0 radical (unpaired) electrons. The summed E-state index contributed by atoms with van der Waals surface area (Å²) < 4.78 is 0. The highest BCUT2D eigenvalue weighted by molar-refractivity contribution is 6.02. The molecule has 4 nitrogen and oxygen atoms in total. The number of carbonyl (C=O) groups is 2. The summed E-state index contributed by atoms with van der Waals surface area (Å²) in [6.45, 7) is 2.95. The van der Waals surface area contributed by atoms with Gasteiger partial charge in [0.15, 0.2) is 0 Å². The Kier molecular flexibility index (Phi) is 3.24. The highest BCUT2D eigenvalue weighted by Gasteiger charge is 2.41. The van der Waals surface area contributed by atoms with Crippen LogP contribution in [-0.4, -0.2) is 18.4 Å². The molecule has 4 heteroatoms. The van der Waals surface area contributed by atoms with E-state index in [0.29, 0.717) is 17.4 Å². The Hall–Kier alpha value is -1.84. The molecule has 0 bridgehead atoms. The summed E-state index contributed by atoms with van der Waals surface area (Å²) in [5.41, 5.74) is 2.72. The minimum absolute atomic E-state index is 0.00237. The van der Waals surface area contributed by atoms with Crippen molar-refractivity contribution in [3.63, 3.8) is 0 Å². The molecule has 106 valence electrons. The Morgan fingerprint density at radius 2 is 2.20 bits per heavy atom. The maximum atomic E-state index is 12.2. The summed E-state index contributed by atoms with van der Waals surface area (Å²) in [6.07, 6.45) is 5.22. The zero-order chi connectivity index (χ0) is 14.2. The van der Waals surface area contributed by atoms with Gasteiger partial charge in [-0.2, -0.15) is 0 Å². The lowest BCUT2D eigenvalue weighted by Crippen LogP contribution is -2.30. The second-order valence-electron chi connectivity index (χ2n) is 6.03. The zero-order valence-corrected chi connectivity index (χ0v) is 11.8. The van der Waals surface area contributed by atoms with Gasteiger partial charge in [-0.05, 0) is 42.4 Å². The van der Waals surface area contributed by atoms with Gasteiger partial charge in [0.1, 0.15) is 0 Å². The number of hydrogen-bond acceptors (Lipinski definition) is 2. The van der Waals surface area contributed by atoms with Crippen molar-refractivity contribution in [2.75, 3.05) is 11.9 Å². The second kappa shape index (κ2) is 4.93. The van der Waals surface area contributed by atoms with E-state index in [0.717, 1.165) is 17.8 Å². The first-order chi connectivity index (χ1) is 9.62. The first-order valence-corrected chi connectivity index (χ1v) is 7.33. The lowest BCUT2D eigenvalue weighted by Gasteiger charge is -2.15. The number of benzene rings is 1. The van der Waals surface area contributed by atoms with Crippen molar-refractivity contribution in [3.05, 3.63) is 29.3 Å². The molecular weight excluding hydrogens is 252 g/mol. The third kappa shape index (κ3) is 2.55. The van der Waals surface area contributed by atoms with Crippen molar-refractivity contribution in [3.8, 4) is 0 Å². The van der Waals surface area contributed by atoms with Crippen molar-refractivity contribution in [2.24, 2.45) is 5.41 Å². The van der Waals surface area contributed by atoms with E-state index in [4.69, 9.17) is 0 Å². The molecule has 1 saturated carbocycles. The van der Waals surface area contributed by atoms with Gasteiger partial charge in [0.05, 0.1) is 6.42 Å². The Labute approximate surface area is 118 Å². The maximum Gasteiger partial charge on any atom is 0.251 e. The molecule has 1 fully saturated rings. The number of hydrogen-bond donors (Lipinski definition) is 2. The van der Waals surface area contributed by atoms with Crippen LogP contribution in [-0.2, 0) is 11.2 Å². The molecule has 2 aliphatic rings. The molecular formula is C16H20N2O2. The van der Waals surface area contributed by atoms with Crippen LogP contribution in [0, 0.1) is 5.41 Å². The standard InChI is InChI=1S/C16H20N2O2/c1-2-5-16(6-7-16)10-17-15(20)12-4-3-11-9-14(19)18-13(11)8-12/h3-4,8H,2,5-7,9-10H2,1H3,(H,17,20)(H,18,19). The topological polar surface area (TPSA) is 58.2 Å². The number of carbonyl (C=O) groups excluding carboxylic acids is 2. The Morgan fingerprint density at radius 1 is 1.40 bits per heavy atom. The predicted octanol–water partition coefficient (Wildman–Crippen LogP) is 2.49. The van der Waals surface area contributed by atoms with Crippen molar-refractivity contribution in [2.45, 2.75) is 39.0 Å². The van der Waals surface area contributed by atoms with Crippen molar-refractivity contribution >= 4 is 17.5 Å². The summed E-state index contributed by atoms with van der Waals surface area (Å²) in [5.74, 6) is -0.0474. The van der Waals surface area contributed by atoms with E-state index in [1.165, 1.54) is 25.7 Å². The molecule has 3 rings (SSSR count). The molecule has 2 N–H and O–H groups in total. The van der Waals surface area contributed by atoms with Crippen molar-refractivity contribution in [1.29, 1.82) is 0 Å². The van der Waals surface area contributed by atoms with Gasteiger partial charge < -0.3 is 10.6 Å². The highest BCUT2D eigenvalue weighted by Crippen LogP contribution is 2.48. The van der Waals surface area contributed by atoms with Gasteiger partial charge in [0.2, 0.25) is 5.91 Å². The molecule has 0 saturated heterocycles. The van der Waals surface area contributed by atoms with E-state index in [-0.39, 0.29) is 11.8 Å². The fraction of sp³-hybridized carbons (Fsp3) is 0.500. The summed E-state index contributed by atoms with van der Waals surface area (Å²) in [5, 5.41) is 5.82. The molecule has 0 aromatic heterocycles. The van der Waals surface area contributed by atoms with Crippen LogP contribution in [0.5, 0.6) is 0 Å². The fourth-order valence-corrected chi connectivity index (χ4v) is 2.95. The van der Waals surface area contributed by atoms with Gasteiger partial charge in [-0.15, -0.1) is 0 Å². The van der Waals surface area contributed by atoms with Crippen LogP contribution in [0.2, 0.25) is 0 Å². The summed E-state index contributed by atoms with van der Waals surface area (Å²) in [4.78, 5) is 23.5. The first kappa shape index (κ1) is 13.2. The van der Waals surface area contributed by atoms with Gasteiger partial charge >= 0.3 is 0 Å². The largest absolute Gasteiger partial charge is 0.351 e. The van der Waals surface area contributed by atoms with E-state index in [9.17, 15) is 9.59 Å². The number of nitrogens with one attached hydrogen (secondary N) is 2. The van der Waals surface area contributed by atoms with Crippen LogP contribution in [0.1, 0.15) is 48.5 Å². The van der Waals surface area contributed by atoms with Gasteiger partial charge in [0, 0.05) is 17.8 Å². The maximum absolute atomic E-state index is 12.2. The number of rotatable bonds is 5. The SMILES string of the molecule is CCCC1(CNC(=O)c2ccc3c(c2)NC(=O)C3)CC1. The molecule has 2 amide bonds. The molecule has 0 spiro atoms. The molecule has 1 aromatic carbocycles. The quantitative estimate of drug-likeness (QED) is 0.865. The fourth-order valence-electron chi connectivity index (χ4n) is 2.95. The van der Waals surface area contributed by atoms with Crippen LogP contribution >= 0.6 is 0 Å². The minimum Gasteiger partial charge on any atom is -0.351 e. The van der Waals surface area contributed by atoms with Crippen LogP contribution in [0.3, 0.4) is 0 Å². The molecule has 20 heavy (non-hydrogen) atoms. The Morgan fingerprint density at radius 3 is 2.90 bits per heavy atom. The normalized spacial score (nSPS) is 18.4. The van der Waals surface area contributed by atoms with Crippen LogP contribution < -0.4 is 10.6 Å². The van der Waals surface area contributed by atoms with Gasteiger partial charge in [0.25, 0.3) is 5.91 Å². The highest BCUT2D eigenvalue weighted by atomic mass is 16.2. The second-order valence-corrected chi connectivity index (χ2v) is 6.03. The van der Waals surface area contributed by atoms with Gasteiger partial charge in [-0.25, -0.2) is 0 Å². The summed E-state index contributed by atoms with van der Waals surface area (Å²) in [6, 6.07) is 5.43. The predicted molar refractivity (Wildman–Crippen MR) is 77.7 cm³/mol. The van der Waals surface area contributed by atoms with Gasteiger partial charge in [-0.3, -0.25) is 9.59 Å². The van der Waals surface area contributed by atoms with Crippen molar-refractivity contribution in [1.82, 2.24) is 5.32 Å². The summed E-state index contributed by atoms with van der Waals surface area (Å²) in [7, 11) is 0. The van der Waals surface area contributed by atoms with E-state index in [1.54, 1.807) is 12.1 Å². The molecule has 1 aliphatic carbocycles. The van der Waals surface area contributed by atoms with Crippen molar-refractivity contribution < 1.29 is 9.59 Å². The minimum atomic E-state index is -0.0451. The van der Waals surface area contributed by atoms with E-state index < -0.39 is 0 Å². The first-order valence-electron chi connectivity index (χ1n) is 7.33. The Bertz CT molecular complexity index is 562. The number of amides is 2. The van der Waals surface area contributed by atoms with Gasteiger partial charge in [-0.1, -0.05) is 19.4 Å². The average Bonchev–Trinajstić information content (AvgIpc) is 3.08. The summed E-state index contributed by atoms with van der Waals surface area (Å²) >= 11 is 0. The lowest BCUT2D eigenvalue weighted by atomic mass is 10.0. The number of fused-ring (bicyclic) bond motifs is 1. The monoisotopic (exact) mass is 272 g/mol. The molecule has 0 atom stereocenters. The van der Waals surface area contributed by atoms with Crippen LogP contribution in [0.25, 0.3) is 0 Å². The number of anilines is 1. The smallest absolute Gasteiger partial charge is 0.251 e. The third-order valence-electron chi connectivity index (χ3n) is 4.36.